The molecule has 1 aromatic heterocycles. The Kier molecular flexibility index (Phi) is 3.97. The molecule has 5 heteroatoms. The molecule has 2 aromatic rings. The van der Waals surface area contributed by atoms with E-state index in [-0.39, 0.29) is 5.84 Å². The molecule has 0 radical (unpaired) electrons. The Morgan fingerprint density at radius 2 is 2.21 bits per heavy atom. The van der Waals surface area contributed by atoms with Crippen LogP contribution in [0, 0.1) is 6.92 Å². The van der Waals surface area contributed by atoms with E-state index in [1.165, 1.54) is 0 Å². The zero-order valence-electron chi connectivity index (χ0n) is 10.6. The Morgan fingerprint density at radius 1 is 1.37 bits per heavy atom. The molecule has 0 fully saturated rings. The van der Waals surface area contributed by atoms with Gasteiger partial charge in [-0.15, -0.1) is 0 Å². The van der Waals surface area contributed by atoms with Crippen LogP contribution in [0.3, 0.4) is 0 Å². The van der Waals surface area contributed by atoms with Crippen molar-refractivity contribution in [2.24, 2.45) is 10.9 Å². The van der Waals surface area contributed by atoms with Gasteiger partial charge >= 0.3 is 0 Å². The first kappa shape index (κ1) is 12.9. The van der Waals surface area contributed by atoms with Crippen LogP contribution in [0.5, 0.6) is 5.75 Å². The lowest BCUT2D eigenvalue weighted by molar-refractivity contribution is 0.299. The van der Waals surface area contributed by atoms with E-state index in [1.54, 1.807) is 18.3 Å². The van der Waals surface area contributed by atoms with Crippen molar-refractivity contribution in [3.05, 3.63) is 59.4 Å². The topological polar surface area (TPSA) is 80.7 Å². The van der Waals surface area contributed by atoms with Gasteiger partial charge in [0.2, 0.25) is 0 Å². The lowest BCUT2D eigenvalue weighted by Gasteiger charge is -2.10. The normalized spacial score (nSPS) is 11.3. The molecule has 0 aliphatic heterocycles. The van der Waals surface area contributed by atoms with Crippen molar-refractivity contribution in [2.75, 3.05) is 0 Å². The van der Waals surface area contributed by atoms with Gasteiger partial charge in [-0.05, 0) is 30.7 Å². The standard InChI is InChI=1S/C14H15N3O2/c1-10-5-6-11(14(15)17-18)8-13(10)19-9-12-4-2-3-7-16-12/h2-8,18H,9H2,1H3,(H2,15,17). The number of ether oxygens (including phenoxy) is 1. The number of rotatable bonds is 4. The van der Waals surface area contributed by atoms with Gasteiger partial charge in [-0.3, -0.25) is 4.98 Å². The fraction of sp³-hybridized carbons (Fsp3) is 0.143. The first-order valence-electron chi connectivity index (χ1n) is 5.82. The molecule has 1 heterocycles. The van der Waals surface area contributed by atoms with Gasteiger partial charge in [-0.2, -0.15) is 0 Å². The van der Waals surface area contributed by atoms with Crippen molar-refractivity contribution in [2.45, 2.75) is 13.5 Å². The van der Waals surface area contributed by atoms with Gasteiger partial charge in [0.05, 0.1) is 5.69 Å². The van der Waals surface area contributed by atoms with Crippen LogP contribution in [0.15, 0.2) is 47.8 Å². The summed E-state index contributed by atoms with van der Waals surface area (Å²) in [5.74, 6) is 0.748. The number of pyridine rings is 1. The van der Waals surface area contributed by atoms with E-state index in [4.69, 9.17) is 15.7 Å². The van der Waals surface area contributed by atoms with Crippen molar-refractivity contribution >= 4 is 5.84 Å². The molecule has 1 aromatic carbocycles. The first-order chi connectivity index (χ1) is 9.20. The number of nitrogens with zero attached hydrogens (tertiary/aromatic N) is 2. The van der Waals surface area contributed by atoms with Crippen LogP contribution in [-0.4, -0.2) is 16.0 Å². The van der Waals surface area contributed by atoms with Crippen LogP contribution in [0.25, 0.3) is 0 Å². The molecule has 0 amide bonds. The average molecular weight is 257 g/mol. The summed E-state index contributed by atoms with van der Waals surface area (Å²) in [7, 11) is 0. The van der Waals surface area contributed by atoms with Crippen LogP contribution in [0.4, 0.5) is 0 Å². The molecule has 0 spiro atoms. The second-order valence-electron chi connectivity index (χ2n) is 4.08. The molecular weight excluding hydrogens is 242 g/mol. The molecule has 5 nitrogen and oxygen atoms in total. The molecule has 19 heavy (non-hydrogen) atoms. The number of aryl methyl sites for hydroxylation is 1. The van der Waals surface area contributed by atoms with Crippen LogP contribution in [0.2, 0.25) is 0 Å². The van der Waals surface area contributed by atoms with E-state index >= 15 is 0 Å². The van der Waals surface area contributed by atoms with Crippen molar-refractivity contribution in [3.63, 3.8) is 0 Å². The summed E-state index contributed by atoms with van der Waals surface area (Å²) < 4.78 is 5.70. The maximum absolute atomic E-state index is 8.67. The minimum atomic E-state index is 0.0580. The molecule has 98 valence electrons. The van der Waals surface area contributed by atoms with Crippen molar-refractivity contribution in [1.82, 2.24) is 4.98 Å². The fourth-order valence-corrected chi connectivity index (χ4v) is 1.61. The third-order valence-electron chi connectivity index (χ3n) is 2.69. The van der Waals surface area contributed by atoms with E-state index in [2.05, 4.69) is 10.1 Å². The van der Waals surface area contributed by atoms with Crippen molar-refractivity contribution < 1.29 is 9.94 Å². The zero-order chi connectivity index (χ0) is 13.7. The maximum atomic E-state index is 8.67. The average Bonchev–Trinajstić information content (AvgIpc) is 2.46. The van der Waals surface area contributed by atoms with Gasteiger partial charge in [0, 0.05) is 11.8 Å². The summed E-state index contributed by atoms with van der Waals surface area (Å²) >= 11 is 0. The highest BCUT2D eigenvalue weighted by atomic mass is 16.5. The summed E-state index contributed by atoms with van der Waals surface area (Å²) in [6.07, 6.45) is 1.72. The number of aromatic nitrogens is 1. The molecule has 0 aliphatic carbocycles. The van der Waals surface area contributed by atoms with E-state index in [9.17, 15) is 0 Å². The Morgan fingerprint density at radius 3 is 2.89 bits per heavy atom. The molecular formula is C14H15N3O2. The number of amidine groups is 1. The third-order valence-corrected chi connectivity index (χ3v) is 2.69. The summed E-state index contributed by atoms with van der Waals surface area (Å²) in [5.41, 5.74) is 7.99. The van der Waals surface area contributed by atoms with Gasteiger partial charge in [-0.25, -0.2) is 0 Å². The molecule has 0 saturated heterocycles. The van der Waals surface area contributed by atoms with E-state index in [0.717, 1.165) is 11.3 Å². The Labute approximate surface area is 111 Å². The number of hydrogen-bond acceptors (Lipinski definition) is 4. The largest absolute Gasteiger partial charge is 0.487 e. The summed E-state index contributed by atoms with van der Waals surface area (Å²) in [4.78, 5) is 4.18. The number of oxime groups is 1. The van der Waals surface area contributed by atoms with Crippen molar-refractivity contribution in [3.8, 4) is 5.75 Å². The van der Waals surface area contributed by atoms with Gasteiger partial charge in [0.15, 0.2) is 5.84 Å². The highest BCUT2D eigenvalue weighted by molar-refractivity contribution is 5.97. The van der Waals surface area contributed by atoms with Crippen molar-refractivity contribution in [1.29, 1.82) is 0 Å². The Balaban J connectivity index is 2.16. The molecule has 3 N–H and O–H groups in total. The summed E-state index contributed by atoms with van der Waals surface area (Å²) in [6, 6.07) is 11.0. The maximum Gasteiger partial charge on any atom is 0.170 e. The number of nitrogens with two attached hydrogens (primary N) is 1. The molecule has 0 saturated carbocycles. The van der Waals surface area contributed by atoms with Gasteiger partial charge in [0.1, 0.15) is 12.4 Å². The van der Waals surface area contributed by atoms with Crippen LogP contribution in [0.1, 0.15) is 16.8 Å². The molecule has 0 unspecified atom stereocenters. The van der Waals surface area contributed by atoms with Crippen LogP contribution in [-0.2, 0) is 6.61 Å². The number of benzene rings is 1. The molecule has 0 bridgehead atoms. The summed E-state index contributed by atoms with van der Waals surface area (Å²) in [5, 5.41) is 11.6. The Hall–Kier alpha value is -2.56. The quantitative estimate of drug-likeness (QED) is 0.380. The predicted octanol–water partition coefficient (Wildman–Crippen LogP) is 2.06. The minimum Gasteiger partial charge on any atom is -0.487 e. The predicted molar refractivity (Wildman–Crippen MR) is 72.3 cm³/mol. The van der Waals surface area contributed by atoms with Crippen LogP contribution < -0.4 is 10.5 Å². The van der Waals surface area contributed by atoms with E-state index < -0.39 is 0 Å². The molecule has 0 aliphatic rings. The van der Waals surface area contributed by atoms with E-state index in [0.29, 0.717) is 17.9 Å². The lowest BCUT2D eigenvalue weighted by Crippen LogP contribution is -2.13. The van der Waals surface area contributed by atoms with Gasteiger partial charge < -0.3 is 15.7 Å². The second kappa shape index (κ2) is 5.86. The molecule has 0 atom stereocenters. The lowest BCUT2D eigenvalue weighted by atomic mass is 10.1. The van der Waals surface area contributed by atoms with E-state index in [1.807, 2.05) is 31.2 Å². The summed E-state index contributed by atoms with van der Waals surface area (Å²) in [6.45, 7) is 2.31. The monoisotopic (exact) mass is 257 g/mol. The minimum absolute atomic E-state index is 0.0580. The first-order valence-corrected chi connectivity index (χ1v) is 5.82. The second-order valence-corrected chi connectivity index (χ2v) is 4.08. The third kappa shape index (κ3) is 3.22. The SMILES string of the molecule is Cc1ccc(/C(N)=N/O)cc1OCc1ccccn1. The fourth-order valence-electron chi connectivity index (χ4n) is 1.61. The van der Waals surface area contributed by atoms with Gasteiger partial charge in [0.25, 0.3) is 0 Å². The Bertz CT molecular complexity index is 582. The molecule has 2 rings (SSSR count). The van der Waals surface area contributed by atoms with Crippen LogP contribution >= 0.6 is 0 Å². The highest BCUT2D eigenvalue weighted by Crippen LogP contribution is 2.20. The van der Waals surface area contributed by atoms with Gasteiger partial charge in [-0.1, -0.05) is 23.4 Å². The highest BCUT2D eigenvalue weighted by Gasteiger charge is 2.05. The zero-order valence-corrected chi connectivity index (χ0v) is 10.6. The smallest absolute Gasteiger partial charge is 0.170 e. The number of hydrogen-bond donors (Lipinski definition) is 2.